The molecule has 1 saturated heterocycles. The SMILES string of the molecule is CCNC(=NCC(CC)CC)N1CCCC1. The van der Waals surface area contributed by atoms with Crippen molar-refractivity contribution >= 4 is 5.96 Å². The number of aliphatic imine (C=N–C) groups is 1. The van der Waals surface area contributed by atoms with Crippen LogP contribution >= 0.6 is 0 Å². The van der Waals surface area contributed by atoms with Crippen molar-refractivity contribution in [3.63, 3.8) is 0 Å². The maximum atomic E-state index is 4.77. The van der Waals surface area contributed by atoms with Gasteiger partial charge in [-0.05, 0) is 25.7 Å². The van der Waals surface area contributed by atoms with E-state index in [0.717, 1.165) is 25.0 Å². The Labute approximate surface area is 100 Å². The Morgan fingerprint density at radius 3 is 2.31 bits per heavy atom. The first-order chi connectivity index (χ1) is 7.81. The van der Waals surface area contributed by atoms with E-state index in [0.29, 0.717) is 0 Å². The van der Waals surface area contributed by atoms with E-state index < -0.39 is 0 Å². The summed E-state index contributed by atoms with van der Waals surface area (Å²) in [5, 5.41) is 3.40. The first-order valence-electron chi connectivity index (χ1n) is 6.85. The summed E-state index contributed by atoms with van der Waals surface area (Å²) in [5.74, 6) is 1.88. The molecule has 0 radical (unpaired) electrons. The van der Waals surface area contributed by atoms with Gasteiger partial charge in [0.25, 0.3) is 0 Å². The van der Waals surface area contributed by atoms with Crippen LogP contribution in [0.15, 0.2) is 4.99 Å². The van der Waals surface area contributed by atoms with Crippen LogP contribution in [-0.2, 0) is 0 Å². The largest absolute Gasteiger partial charge is 0.357 e. The van der Waals surface area contributed by atoms with Gasteiger partial charge in [0.05, 0.1) is 0 Å². The molecule has 1 N–H and O–H groups in total. The number of guanidine groups is 1. The van der Waals surface area contributed by atoms with E-state index in [1.165, 1.54) is 38.8 Å². The van der Waals surface area contributed by atoms with E-state index in [9.17, 15) is 0 Å². The molecular formula is C13H27N3. The number of likely N-dealkylation sites (tertiary alicyclic amines) is 1. The molecule has 0 saturated carbocycles. The van der Waals surface area contributed by atoms with Crippen LogP contribution in [0.2, 0.25) is 0 Å². The van der Waals surface area contributed by atoms with E-state index in [-0.39, 0.29) is 0 Å². The molecule has 1 aliphatic heterocycles. The van der Waals surface area contributed by atoms with Gasteiger partial charge in [-0.15, -0.1) is 0 Å². The molecule has 0 aromatic rings. The molecule has 0 aromatic carbocycles. The van der Waals surface area contributed by atoms with Crippen molar-refractivity contribution in [3.05, 3.63) is 0 Å². The Morgan fingerprint density at radius 2 is 1.81 bits per heavy atom. The van der Waals surface area contributed by atoms with Gasteiger partial charge in [0, 0.05) is 26.2 Å². The Balaban J connectivity index is 2.50. The summed E-state index contributed by atoms with van der Waals surface area (Å²) in [4.78, 5) is 7.16. The summed E-state index contributed by atoms with van der Waals surface area (Å²) in [5.41, 5.74) is 0. The van der Waals surface area contributed by atoms with E-state index in [1.807, 2.05) is 0 Å². The highest BCUT2D eigenvalue weighted by atomic mass is 15.3. The van der Waals surface area contributed by atoms with Crippen LogP contribution in [0.4, 0.5) is 0 Å². The topological polar surface area (TPSA) is 27.6 Å². The lowest BCUT2D eigenvalue weighted by molar-refractivity contribution is 0.472. The normalized spacial score (nSPS) is 17.2. The molecular weight excluding hydrogens is 198 g/mol. The first-order valence-corrected chi connectivity index (χ1v) is 6.85. The second-order valence-corrected chi connectivity index (χ2v) is 4.57. The van der Waals surface area contributed by atoms with E-state index in [4.69, 9.17) is 4.99 Å². The standard InChI is InChI=1S/C13H27N3/c1-4-12(5-2)11-15-13(14-6-3)16-9-7-8-10-16/h12H,4-11H2,1-3H3,(H,14,15). The fraction of sp³-hybridized carbons (Fsp3) is 0.923. The van der Waals surface area contributed by atoms with Crippen molar-refractivity contribution in [2.75, 3.05) is 26.2 Å². The molecule has 94 valence electrons. The fourth-order valence-corrected chi connectivity index (χ4v) is 2.12. The molecule has 3 nitrogen and oxygen atoms in total. The third kappa shape index (κ3) is 4.03. The minimum Gasteiger partial charge on any atom is -0.357 e. The summed E-state index contributed by atoms with van der Waals surface area (Å²) < 4.78 is 0. The van der Waals surface area contributed by atoms with Crippen LogP contribution < -0.4 is 5.32 Å². The second-order valence-electron chi connectivity index (χ2n) is 4.57. The smallest absolute Gasteiger partial charge is 0.193 e. The molecule has 1 heterocycles. The Kier molecular flexibility index (Phi) is 6.27. The van der Waals surface area contributed by atoms with Crippen LogP contribution in [0, 0.1) is 5.92 Å². The Hall–Kier alpha value is -0.730. The van der Waals surface area contributed by atoms with Gasteiger partial charge >= 0.3 is 0 Å². The highest BCUT2D eigenvalue weighted by Crippen LogP contribution is 2.10. The summed E-state index contributed by atoms with van der Waals surface area (Å²) in [6.45, 7) is 11.0. The Bertz CT molecular complexity index is 203. The first kappa shape index (κ1) is 13.3. The minimum absolute atomic E-state index is 0.747. The van der Waals surface area contributed by atoms with Crippen LogP contribution in [0.1, 0.15) is 46.5 Å². The van der Waals surface area contributed by atoms with Crippen LogP contribution in [-0.4, -0.2) is 37.0 Å². The van der Waals surface area contributed by atoms with Gasteiger partial charge in [-0.1, -0.05) is 26.7 Å². The quantitative estimate of drug-likeness (QED) is 0.575. The van der Waals surface area contributed by atoms with Gasteiger partial charge in [-0.2, -0.15) is 0 Å². The van der Waals surface area contributed by atoms with Crippen molar-refractivity contribution in [2.24, 2.45) is 10.9 Å². The zero-order valence-electron chi connectivity index (χ0n) is 11.1. The van der Waals surface area contributed by atoms with E-state index >= 15 is 0 Å². The van der Waals surface area contributed by atoms with Crippen molar-refractivity contribution < 1.29 is 0 Å². The predicted molar refractivity (Wildman–Crippen MR) is 70.9 cm³/mol. The summed E-state index contributed by atoms with van der Waals surface area (Å²) in [6.07, 6.45) is 5.10. The number of hydrogen-bond acceptors (Lipinski definition) is 1. The Morgan fingerprint density at radius 1 is 1.19 bits per heavy atom. The molecule has 16 heavy (non-hydrogen) atoms. The maximum Gasteiger partial charge on any atom is 0.193 e. The molecule has 0 unspecified atom stereocenters. The van der Waals surface area contributed by atoms with E-state index in [1.54, 1.807) is 0 Å². The van der Waals surface area contributed by atoms with Gasteiger partial charge < -0.3 is 10.2 Å². The molecule has 0 spiro atoms. The zero-order valence-corrected chi connectivity index (χ0v) is 11.1. The minimum atomic E-state index is 0.747. The molecule has 0 aliphatic carbocycles. The van der Waals surface area contributed by atoms with Gasteiger partial charge in [-0.25, -0.2) is 0 Å². The summed E-state index contributed by atoms with van der Waals surface area (Å²) in [6, 6.07) is 0. The van der Waals surface area contributed by atoms with Gasteiger partial charge in [0.15, 0.2) is 5.96 Å². The molecule has 0 aromatic heterocycles. The highest BCUT2D eigenvalue weighted by Gasteiger charge is 2.15. The summed E-state index contributed by atoms with van der Waals surface area (Å²) >= 11 is 0. The molecule has 1 rings (SSSR count). The van der Waals surface area contributed by atoms with Crippen LogP contribution in [0.5, 0.6) is 0 Å². The lowest BCUT2D eigenvalue weighted by Crippen LogP contribution is -2.39. The third-order valence-electron chi connectivity index (χ3n) is 3.39. The second kappa shape index (κ2) is 7.53. The van der Waals surface area contributed by atoms with Crippen molar-refractivity contribution in [3.8, 4) is 0 Å². The maximum absolute atomic E-state index is 4.77. The molecule has 1 aliphatic rings. The van der Waals surface area contributed by atoms with E-state index in [2.05, 4.69) is 31.0 Å². The number of rotatable bonds is 5. The third-order valence-corrected chi connectivity index (χ3v) is 3.39. The summed E-state index contributed by atoms with van der Waals surface area (Å²) in [7, 11) is 0. The average molecular weight is 225 g/mol. The lowest BCUT2D eigenvalue weighted by Gasteiger charge is -2.21. The van der Waals surface area contributed by atoms with Crippen molar-refractivity contribution in [2.45, 2.75) is 46.5 Å². The molecule has 0 amide bonds. The predicted octanol–water partition coefficient (Wildman–Crippen LogP) is 2.48. The van der Waals surface area contributed by atoms with Gasteiger partial charge in [0.1, 0.15) is 0 Å². The number of nitrogens with zero attached hydrogens (tertiary/aromatic N) is 2. The number of nitrogens with one attached hydrogen (secondary N) is 1. The van der Waals surface area contributed by atoms with Gasteiger partial charge in [-0.3, -0.25) is 4.99 Å². The molecule has 0 atom stereocenters. The molecule has 3 heteroatoms. The van der Waals surface area contributed by atoms with Gasteiger partial charge in [0.2, 0.25) is 0 Å². The lowest BCUT2D eigenvalue weighted by atomic mass is 10.0. The molecule has 1 fully saturated rings. The zero-order chi connectivity index (χ0) is 11.8. The fourth-order valence-electron chi connectivity index (χ4n) is 2.12. The highest BCUT2D eigenvalue weighted by molar-refractivity contribution is 5.80. The van der Waals surface area contributed by atoms with Crippen LogP contribution in [0.25, 0.3) is 0 Å². The monoisotopic (exact) mass is 225 g/mol. The number of hydrogen-bond donors (Lipinski definition) is 1. The van der Waals surface area contributed by atoms with Crippen molar-refractivity contribution in [1.29, 1.82) is 0 Å². The van der Waals surface area contributed by atoms with Crippen LogP contribution in [0.3, 0.4) is 0 Å². The average Bonchev–Trinajstić information content (AvgIpc) is 2.82. The molecule has 0 bridgehead atoms. The van der Waals surface area contributed by atoms with Crippen molar-refractivity contribution in [1.82, 2.24) is 10.2 Å².